The van der Waals surface area contributed by atoms with Gasteiger partial charge in [0.25, 0.3) is 0 Å². The number of hydrogen-bond donors (Lipinski definition) is 0. The first-order valence-corrected chi connectivity index (χ1v) is 5.79. The predicted octanol–water partition coefficient (Wildman–Crippen LogP) is 3.73. The molecule has 13 heavy (non-hydrogen) atoms. The van der Waals surface area contributed by atoms with Gasteiger partial charge in [-0.05, 0) is 59.5 Å². The minimum Gasteiger partial charge on any atom is -0.492 e. The van der Waals surface area contributed by atoms with Gasteiger partial charge in [-0.1, -0.05) is 11.6 Å². The first-order chi connectivity index (χ1) is 6.25. The van der Waals surface area contributed by atoms with Crippen LogP contribution < -0.4 is 4.74 Å². The summed E-state index contributed by atoms with van der Waals surface area (Å²) in [5.41, 5.74) is 0. The number of benzene rings is 1. The fourth-order valence-corrected chi connectivity index (χ4v) is 1.99. The topological polar surface area (TPSA) is 9.23 Å². The molecule has 1 nitrogen and oxygen atoms in total. The molecule has 1 aromatic carbocycles. The minimum atomic E-state index is 0.715. The van der Waals surface area contributed by atoms with Crippen molar-refractivity contribution in [1.82, 2.24) is 0 Å². The Kier molecular flexibility index (Phi) is 2.99. The Bertz CT molecular complexity index is 310. The van der Waals surface area contributed by atoms with Gasteiger partial charge in [0.2, 0.25) is 0 Å². The van der Waals surface area contributed by atoms with E-state index in [0.717, 1.165) is 21.8 Å². The summed E-state index contributed by atoms with van der Waals surface area (Å²) in [4.78, 5) is 0. The van der Waals surface area contributed by atoms with Crippen LogP contribution in [-0.4, -0.2) is 6.61 Å². The third-order valence-electron chi connectivity index (χ3n) is 2.07. The Hall–Kier alpha value is 0.0400. The normalized spacial score (nSPS) is 15.8. The lowest BCUT2D eigenvalue weighted by molar-refractivity contribution is 0.300. The summed E-state index contributed by atoms with van der Waals surface area (Å²) in [6, 6.07) is 5.87. The zero-order valence-electron chi connectivity index (χ0n) is 7.09. The van der Waals surface area contributed by atoms with Crippen molar-refractivity contribution in [2.24, 2.45) is 5.92 Å². The molecule has 0 saturated heterocycles. The third-order valence-corrected chi connectivity index (χ3v) is 3.03. The van der Waals surface area contributed by atoms with Crippen LogP contribution in [0.15, 0.2) is 18.2 Å². The van der Waals surface area contributed by atoms with E-state index in [1.165, 1.54) is 12.8 Å². The smallest absolute Gasteiger partial charge is 0.137 e. The molecular formula is C10H10ClIO. The van der Waals surface area contributed by atoms with Gasteiger partial charge in [-0.2, -0.15) is 0 Å². The monoisotopic (exact) mass is 308 g/mol. The van der Waals surface area contributed by atoms with E-state index in [9.17, 15) is 0 Å². The molecule has 1 aromatic rings. The Morgan fingerprint density at radius 1 is 1.46 bits per heavy atom. The van der Waals surface area contributed by atoms with Gasteiger partial charge in [-0.15, -0.1) is 0 Å². The maximum absolute atomic E-state index is 6.00. The Morgan fingerprint density at radius 3 is 2.85 bits per heavy atom. The fraction of sp³-hybridized carbons (Fsp3) is 0.400. The Labute approximate surface area is 96.6 Å². The van der Waals surface area contributed by atoms with Crippen LogP contribution in [0.3, 0.4) is 0 Å². The third kappa shape index (κ3) is 2.74. The molecule has 0 amide bonds. The van der Waals surface area contributed by atoms with Crippen molar-refractivity contribution in [2.45, 2.75) is 12.8 Å². The van der Waals surface area contributed by atoms with Crippen LogP contribution in [0.2, 0.25) is 5.02 Å². The Balaban J connectivity index is 2.01. The number of rotatable bonds is 3. The van der Waals surface area contributed by atoms with E-state index in [1.54, 1.807) is 0 Å². The van der Waals surface area contributed by atoms with Crippen LogP contribution >= 0.6 is 34.2 Å². The highest BCUT2D eigenvalue weighted by Gasteiger charge is 2.22. The average molecular weight is 309 g/mol. The van der Waals surface area contributed by atoms with E-state index < -0.39 is 0 Å². The van der Waals surface area contributed by atoms with E-state index >= 15 is 0 Å². The quantitative estimate of drug-likeness (QED) is 0.773. The summed E-state index contributed by atoms with van der Waals surface area (Å²) in [7, 11) is 0. The Morgan fingerprint density at radius 2 is 2.23 bits per heavy atom. The number of halogens is 2. The molecule has 1 aliphatic carbocycles. The van der Waals surface area contributed by atoms with Gasteiger partial charge in [-0.25, -0.2) is 0 Å². The van der Waals surface area contributed by atoms with Crippen LogP contribution in [0.1, 0.15) is 12.8 Å². The van der Waals surface area contributed by atoms with Crippen LogP contribution in [0, 0.1) is 9.49 Å². The van der Waals surface area contributed by atoms with Crippen molar-refractivity contribution in [3.05, 3.63) is 26.8 Å². The van der Waals surface area contributed by atoms with E-state index in [-0.39, 0.29) is 0 Å². The van der Waals surface area contributed by atoms with Crippen LogP contribution in [-0.2, 0) is 0 Å². The molecule has 0 aromatic heterocycles. The van der Waals surface area contributed by atoms with Gasteiger partial charge < -0.3 is 4.74 Å². The lowest BCUT2D eigenvalue weighted by Gasteiger charge is -2.06. The van der Waals surface area contributed by atoms with E-state index in [4.69, 9.17) is 16.3 Å². The van der Waals surface area contributed by atoms with Gasteiger partial charge in [-0.3, -0.25) is 0 Å². The van der Waals surface area contributed by atoms with Gasteiger partial charge in [0, 0.05) is 3.57 Å². The van der Waals surface area contributed by atoms with Crippen molar-refractivity contribution in [1.29, 1.82) is 0 Å². The maximum Gasteiger partial charge on any atom is 0.137 e. The second-order valence-corrected chi connectivity index (χ2v) is 4.98. The molecule has 0 aliphatic heterocycles. The molecule has 0 atom stereocenters. The summed E-state index contributed by atoms with van der Waals surface area (Å²) in [6.45, 7) is 0.820. The van der Waals surface area contributed by atoms with E-state index in [0.29, 0.717) is 5.02 Å². The molecule has 0 N–H and O–H groups in total. The highest BCUT2D eigenvalue weighted by Crippen LogP contribution is 2.32. The highest BCUT2D eigenvalue weighted by atomic mass is 127. The fourth-order valence-electron chi connectivity index (χ4n) is 1.08. The lowest BCUT2D eigenvalue weighted by atomic mass is 10.3. The first-order valence-electron chi connectivity index (χ1n) is 4.33. The SMILES string of the molecule is Clc1cc(I)ccc1OCC1CC1. The molecule has 0 spiro atoms. The van der Waals surface area contributed by atoms with Gasteiger partial charge in [0.05, 0.1) is 11.6 Å². The van der Waals surface area contributed by atoms with E-state index in [2.05, 4.69) is 22.6 Å². The minimum absolute atomic E-state index is 0.715. The molecular weight excluding hydrogens is 298 g/mol. The zero-order chi connectivity index (χ0) is 9.26. The van der Waals surface area contributed by atoms with Crippen LogP contribution in [0.25, 0.3) is 0 Å². The van der Waals surface area contributed by atoms with Crippen molar-refractivity contribution in [3.8, 4) is 5.75 Å². The highest BCUT2D eigenvalue weighted by molar-refractivity contribution is 14.1. The molecule has 0 heterocycles. The van der Waals surface area contributed by atoms with E-state index in [1.807, 2.05) is 18.2 Å². The largest absolute Gasteiger partial charge is 0.492 e. The second-order valence-electron chi connectivity index (χ2n) is 3.33. The zero-order valence-corrected chi connectivity index (χ0v) is 10.0. The van der Waals surface area contributed by atoms with Crippen LogP contribution in [0.4, 0.5) is 0 Å². The standard InChI is InChI=1S/C10H10ClIO/c11-9-5-8(12)3-4-10(9)13-6-7-1-2-7/h3-5,7H,1-2,6H2. The van der Waals surface area contributed by atoms with Gasteiger partial charge in [0.1, 0.15) is 5.75 Å². The average Bonchev–Trinajstić information content (AvgIpc) is 2.86. The molecule has 1 aliphatic rings. The molecule has 0 radical (unpaired) electrons. The summed E-state index contributed by atoms with van der Waals surface area (Å²) >= 11 is 8.24. The molecule has 1 fully saturated rings. The number of ether oxygens (including phenoxy) is 1. The number of hydrogen-bond acceptors (Lipinski definition) is 1. The van der Waals surface area contributed by atoms with Crippen LogP contribution in [0.5, 0.6) is 5.75 Å². The van der Waals surface area contributed by atoms with Crippen molar-refractivity contribution >= 4 is 34.2 Å². The summed E-state index contributed by atoms with van der Waals surface area (Å²) < 4.78 is 6.72. The van der Waals surface area contributed by atoms with Crippen molar-refractivity contribution in [2.75, 3.05) is 6.61 Å². The van der Waals surface area contributed by atoms with Gasteiger partial charge >= 0.3 is 0 Å². The predicted molar refractivity (Wildman–Crippen MR) is 62.4 cm³/mol. The molecule has 2 rings (SSSR count). The summed E-state index contributed by atoms with van der Waals surface area (Å²) in [5, 5.41) is 0.715. The molecule has 3 heteroatoms. The molecule has 0 unspecified atom stereocenters. The van der Waals surface area contributed by atoms with Crippen molar-refractivity contribution in [3.63, 3.8) is 0 Å². The van der Waals surface area contributed by atoms with Gasteiger partial charge in [0.15, 0.2) is 0 Å². The second kappa shape index (κ2) is 4.05. The summed E-state index contributed by atoms with van der Waals surface area (Å²) in [6.07, 6.45) is 2.62. The lowest BCUT2D eigenvalue weighted by Crippen LogP contribution is -1.99. The molecule has 70 valence electrons. The summed E-state index contributed by atoms with van der Waals surface area (Å²) in [5.74, 6) is 1.59. The molecule has 1 saturated carbocycles. The van der Waals surface area contributed by atoms with Crippen molar-refractivity contribution < 1.29 is 4.74 Å². The first kappa shape index (κ1) is 9.59. The maximum atomic E-state index is 6.00. The molecule has 0 bridgehead atoms.